The van der Waals surface area contributed by atoms with Crippen LogP contribution < -0.4 is 5.32 Å². The average Bonchev–Trinajstić information content (AvgIpc) is 2.44. The van der Waals surface area contributed by atoms with Crippen molar-refractivity contribution in [1.82, 2.24) is 10.2 Å². The number of halogens is 4. The molecule has 0 saturated carbocycles. The molecule has 0 bridgehead atoms. The van der Waals surface area contributed by atoms with Crippen LogP contribution in [0.2, 0.25) is 0 Å². The second kappa shape index (κ2) is 8.01. The fourth-order valence-corrected chi connectivity index (χ4v) is 2.71. The zero-order chi connectivity index (χ0) is 14.7. The third kappa shape index (κ3) is 4.34. The van der Waals surface area contributed by atoms with Gasteiger partial charge in [0.2, 0.25) is 0 Å². The van der Waals surface area contributed by atoms with Crippen LogP contribution >= 0.6 is 12.4 Å². The van der Waals surface area contributed by atoms with Gasteiger partial charge in [-0.2, -0.15) is 0 Å². The van der Waals surface area contributed by atoms with Crippen LogP contribution in [-0.4, -0.2) is 31.1 Å². The number of hydrogen-bond acceptors (Lipinski definition) is 2. The largest absolute Gasteiger partial charge is 0.314 e. The molecular weight excluding hydrogens is 301 g/mol. The van der Waals surface area contributed by atoms with Crippen LogP contribution in [0.15, 0.2) is 12.1 Å². The van der Waals surface area contributed by atoms with Crippen molar-refractivity contribution < 1.29 is 13.2 Å². The Morgan fingerprint density at radius 2 is 1.71 bits per heavy atom. The van der Waals surface area contributed by atoms with Crippen LogP contribution in [0.1, 0.15) is 31.9 Å². The van der Waals surface area contributed by atoms with Gasteiger partial charge < -0.3 is 5.32 Å². The smallest absolute Gasteiger partial charge is 0.194 e. The van der Waals surface area contributed by atoms with E-state index in [0.29, 0.717) is 5.92 Å². The quantitative estimate of drug-likeness (QED) is 0.853. The predicted octanol–water partition coefficient (Wildman–Crippen LogP) is 3.52. The topological polar surface area (TPSA) is 15.3 Å². The molecule has 0 aromatic heterocycles. The molecule has 0 unspecified atom stereocenters. The fraction of sp³-hybridized carbons (Fsp3) is 0.600. The fourth-order valence-electron chi connectivity index (χ4n) is 2.71. The van der Waals surface area contributed by atoms with Gasteiger partial charge in [0, 0.05) is 37.8 Å². The lowest BCUT2D eigenvalue weighted by Gasteiger charge is -2.36. The molecule has 2 nitrogen and oxygen atoms in total. The Morgan fingerprint density at radius 3 is 2.29 bits per heavy atom. The molecule has 1 atom stereocenters. The van der Waals surface area contributed by atoms with Crippen LogP contribution in [0.3, 0.4) is 0 Å². The predicted molar refractivity (Wildman–Crippen MR) is 80.2 cm³/mol. The van der Waals surface area contributed by atoms with Gasteiger partial charge in [0.05, 0.1) is 0 Å². The van der Waals surface area contributed by atoms with Crippen molar-refractivity contribution in [3.8, 4) is 0 Å². The highest BCUT2D eigenvalue weighted by atomic mass is 35.5. The van der Waals surface area contributed by atoms with E-state index in [9.17, 15) is 13.2 Å². The van der Waals surface area contributed by atoms with E-state index >= 15 is 0 Å². The second-order valence-electron chi connectivity index (χ2n) is 5.70. The maximum atomic E-state index is 14.1. The Balaban J connectivity index is 0.00000220. The van der Waals surface area contributed by atoms with E-state index in [1.54, 1.807) is 0 Å². The molecule has 6 heteroatoms. The molecule has 1 N–H and O–H groups in total. The number of nitrogens with one attached hydrogen (secondary N) is 1. The Kier molecular flexibility index (Phi) is 6.97. The zero-order valence-electron chi connectivity index (χ0n) is 12.3. The Bertz CT molecular complexity index is 462. The molecule has 0 amide bonds. The molecule has 2 rings (SSSR count). The van der Waals surface area contributed by atoms with Gasteiger partial charge in [-0.25, -0.2) is 13.2 Å². The molecule has 1 aromatic carbocycles. The highest BCUT2D eigenvalue weighted by Crippen LogP contribution is 2.31. The SMILES string of the molecule is CC(C)C[C@H](c1ccc(F)c(F)c1F)N1CCNCC1.Cl. The summed E-state index contributed by atoms with van der Waals surface area (Å²) in [7, 11) is 0. The Labute approximate surface area is 130 Å². The second-order valence-corrected chi connectivity index (χ2v) is 5.70. The molecule has 1 aliphatic heterocycles. The molecular formula is C15H22ClF3N2. The normalized spacial score (nSPS) is 17.6. The van der Waals surface area contributed by atoms with Crippen molar-refractivity contribution >= 4 is 12.4 Å². The summed E-state index contributed by atoms with van der Waals surface area (Å²) in [6.07, 6.45) is 0.724. The van der Waals surface area contributed by atoms with Crippen LogP contribution in [0.25, 0.3) is 0 Å². The lowest BCUT2D eigenvalue weighted by molar-refractivity contribution is 0.150. The van der Waals surface area contributed by atoms with Crippen LogP contribution in [-0.2, 0) is 0 Å². The summed E-state index contributed by atoms with van der Waals surface area (Å²) in [5.41, 5.74) is 0.263. The number of nitrogens with zero attached hydrogens (tertiary/aromatic N) is 1. The van der Waals surface area contributed by atoms with Gasteiger partial charge in [0.15, 0.2) is 17.5 Å². The van der Waals surface area contributed by atoms with Crippen molar-refractivity contribution in [2.75, 3.05) is 26.2 Å². The summed E-state index contributed by atoms with van der Waals surface area (Å²) in [6, 6.07) is 2.19. The van der Waals surface area contributed by atoms with Gasteiger partial charge in [-0.3, -0.25) is 4.90 Å². The minimum atomic E-state index is -1.37. The first kappa shape index (κ1) is 18.3. The molecule has 0 spiro atoms. The van der Waals surface area contributed by atoms with Crippen molar-refractivity contribution in [3.05, 3.63) is 35.1 Å². The van der Waals surface area contributed by atoms with Crippen molar-refractivity contribution in [1.29, 1.82) is 0 Å². The van der Waals surface area contributed by atoms with Crippen molar-refractivity contribution in [2.45, 2.75) is 26.3 Å². The van der Waals surface area contributed by atoms with E-state index in [-0.39, 0.29) is 24.0 Å². The van der Waals surface area contributed by atoms with E-state index in [4.69, 9.17) is 0 Å². The minimum Gasteiger partial charge on any atom is -0.314 e. The third-order valence-electron chi connectivity index (χ3n) is 3.71. The highest BCUT2D eigenvalue weighted by Gasteiger charge is 2.27. The number of benzene rings is 1. The molecule has 0 aliphatic carbocycles. The molecule has 21 heavy (non-hydrogen) atoms. The first-order valence-corrected chi connectivity index (χ1v) is 7.09. The van der Waals surface area contributed by atoms with Gasteiger partial charge in [-0.1, -0.05) is 19.9 Å². The standard InChI is InChI=1S/C15H21F3N2.ClH/c1-10(2)9-13(20-7-5-19-6-8-20)11-3-4-12(16)15(18)14(11)17;/h3-4,10,13,19H,5-9H2,1-2H3;1H/t13-;/m1./s1. The summed E-state index contributed by atoms with van der Waals surface area (Å²) in [5, 5.41) is 3.24. The summed E-state index contributed by atoms with van der Waals surface area (Å²) in [5.74, 6) is -3.20. The van der Waals surface area contributed by atoms with E-state index in [1.165, 1.54) is 6.07 Å². The summed E-state index contributed by atoms with van der Waals surface area (Å²) >= 11 is 0. The average molecular weight is 323 g/mol. The van der Waals surface area contributed by atoms with E-state index < -0.39 is 17.5 Å². The van der Waals surface area contributed by atoms with Gasteiger partial charge >= 0.3 is 0 Å². The van der Waals surface area contributed by atoms with E-state index in [1.807, 2.05) is 13.8 Å². The molecule has 1 heterocycles. The van der Waals surface area contributed by atoms with Gasteiger partial charge in [-0.05, 0) is 18.4 Å². The molecule has 1 aromatic rings. The monoisotopic (exact) mass is 322 g/mol. The number of hydrogen-bond donors (Lipinski definition) is 1. The highest BCUT2D eigenvalue weighted by molar-refractivity contribution is 5.85. The molecule has 1 aliphatic rings. The van der Waals surface area contributed by atoms with Gasteiger partial charge in [0.25, 0.3) is 0 Å². The summed E-state index contributed by atoms with van der Waals surface area (Å²) < 4.78 is 40.6. The third-order valence-corrected chi connectivity index (χ3v) is 3.71. The number of piperazine rings is 1. The molecule has 120 valence electrons. The lowest BCUT2D eigenvalue weighted by atomic mass is 9.94. The van der Waals surface area contributed by atoms with Crippen LogP contribution in [0.4, 0.5) is 13.2 Å². The van der Waals surface area contributed by atoms with Crippen molar-refractivity contribution in [2.24, 2.45) is 5.92 Å². The Morgan fingerprint density at radius 1 is 1.10 bits per heavy atom. The minimum absolute atomic E-state index is 0. The maximum absolute atomic E-state index is 14.1. The summed E-state index contributed by atoms with van der Waals surface area (Å²) in [6.45, 7) is 7.34. The van der Waals surface area contributed by atoms with E-state index in [0.717, 1.165) is 38.7 Å². The molecule has 1 saturated heterocycles. The lowest BCUT2D eigenvalue weighted by Crippen LogP contribution is -2.45. The van der Waals surface area contributed by atoms with Gasteiger partial charge in [-0.15, -0.1) is 12.4 Å². The Hall–Kier alpha value is -0.780. The van der Waals surface area contributed by atoms with Gasteiger partial charge in [0.1, 0.15) is 0 Å². The molecule has 0 radical (unpaired) electrons. The van der Waals surface area contributed by atoms with E-state index in [2.05, 4.69) is 10.2 Å². The molecule has 1 fully saturated rings. The number of rotatable bonds is 4. The van der Waals surface area contributed by atoms with Crippen molar-refractivity contribution in [3.63, 3.8) is 0 Å². The van der Waals surface area contributed by atoms with Crippen LogP contribution in [0.5, 0.6) is 0 Å². The van der Waals surface area contributed by atoms with Crippen LogP contribution in [0, 0.1) is 23.4 Å². The first-order chi connectivity index (χ1) is 9.50. The maximum Gasteiger partial charge on any atom is 0.194 e. The first-order valence-electron chi connectivity index (χ1n) is 7.09. The zero-order valence-corrected chi connectivity index (χ0v) is 13.2. The summed E-state index contributed by atoms with van der Waals surface area (Å²) in [4.78, 5) is 2.15.